The number of ether oxygens (including phenoxy) is 2. The normalized spacial score (nSPS) is 15.0. The second-order valence-electron chi connectivity index (χ2n) is 10.4. The molecular weight excluding hydrogens is 472 g/mol. The summed E-state index contributed by atoms with van der Waals surface area (Å²) in [5.74, 6) is 0.183. The van der Waals surface area contributed by atoms with Crippen LogP contribution in [0.1, 0.15) is 62.4 Å². The molecule has 2 heterocycles. The van der Waals surface area contributed by atoms with Crippen molar-refractivity contribution in [3.8, 4) is 11.5 Å². The van der Waals surface area contributed by atoms with Crippen LogP contribution in [-0.4, -0.2) is 30.1 Å². The van der Waals surface area contributed by atoms with E-state index in [4.69, 9.17) is 13.9 Å². The first kappa shape index (κ1) is 26.3. The molecule has 1 atom stereocenters. The zero-order valence-electron chi connectivity index (χ0n) is 22.2. The van der Waals surface area contributed by atoms with E-state index in [0.29, 0.717) is 40.0 Å². The lowest BCUT2D eigenvalue weighted by Crippen LogP contribution is -2.44. The first-order chi connectivity index (χ1) is 17.5. The highest BCUT2D eigenvalue weighted by molar-refractivity contribution is 5.93. The van der Waals surface area contributed by atoms with Crippen LogP contribution in [0.4, 0.5) is 0 Å². The summed E-state index contributed by atoms with van der Waals surface area (Å²) >= 11 is 0. The number of carbonyl (C=O) groups is 2. The van der Waals surface area contributed by atoms with Gasteiger partial charge in [0.15, 0.2) is 6.61 Å². The molecule has 4 rings (SSSR count). The summed E-state index contributed by atoms with van der Waals surface area (Å²) in [6.07, 6.45) is 1.46. The van der Waals surface area contributed by atoms with E-state index in [1.54, 1.807) is 25.1 Å². The van der Waals surface area contributed by atoms with Gasteiger partial charge in [-0.05, 0) is 65.5 Å². The largest absolute Gasteiger partial charge is 0.487 e. The number of carbonyl (C=O) groups excluding carboxylic acids is 2. The quantitative estimate of drug-likeness (QED) is 0.464. The number of amides is 2. The Kier molecular flexibility index (Phi) is 7.30. The molecule has 0 bridgehead atoms. The van der Waals surface area contributed by atoms with Crippen molar-refractivity contribution in [2.45, 2.75) is 72.1 Å². The molecule has 0 radical (unpaired) electrons. The van der Waals surface area contributed by atoms with Crippen LogP contribution in [0.25, 0.3) is 11.0 Å². The molecule has 0 unspecified atom stereocenters. The minimum absolute atomic E-state index is 0.0844. The van der Waals surface area contributed by atoms with Crippen LogP contribution < -0.4 is 25.7 Å². The fourth-order valence-corrected chi connectivity index (χ4v) is 4.51. The van der Waals surface area contributed by atoms with Crippen LogP contribution in [-0.2, 0) is 16.0 Å². The Hall–Kier alpha value is -3.81. The Morgan fingerprint density at radius 3 is 2.46 bits per heavy atom. The van der Waals surface area contributed by atoms with Crippen LogP contribution in [0.5, 0.6) is 11.5 Å². The van der Waals surface area contributed by atoms with Crippen LogP contribution in [0, 0.1) is 13.8 Å². The van der Waals surface area contributed by atoms with Crippen LogP contribution in [0.15, 0.2) is 45.6 Å². The van der Waals surface area contributed by atoms with Gasteiger partial charge in [-0.25, -0.2) is 4.79 Å². The Morgan fingerprint density at radius 1 is 1.08 bits per heavy atom. The van der Waals surface area contributed by atoms with E-state index in [0.717, 1.165) is 17.5 Å². The van der Waals surface area contributed by atoms with E-state index in [9.17, 15) is 14.4 Å². The van der Waals surface area contributed by atoms with E-state index >= 15 is 0 Å². The zero-order valence-corrected chi connectivity index (χ0v) is 22.2. The molecule has 0 aliphatic carbocycles. The highest BCUT2D eigenvalue weighted by Crippen LogP contribution is 2.43. The maximum Gasteiger partial charge on any atom is 0.339 e. The Bertz CT molecular complexity index is 1390. The van der Waals surface area contributed by atoms with Gasteiger partial charge in [0.05, 0.1) is 5.39 Å². The number of nitrogens with one attached hydrogen (secondary N) is 2. The predicted octanol–water partition coefficient (Wildman–Crippen LogP) is 4.27. The Morgan fingerprint density at radius 2 is 1.78 bits per heavy atom. The van der Waals surface area contributed by atoms with Crippen molar-refractivity contribution in [2.75, 3.05) is 6.61 Å². The third-order valence-electron chi connectivity index (χ3n) is 6.60. The number of hydrogen-bond acceptors (Lipinski definition) is 6. The third-order valence-corrected chi connectivity index (χ3v) is 6.60. The van der Waals surface area contributed by atoms with Gasteiger partial charge in [0, 0.05) is 23.2 Å². The average molecular weight is 507 g/mol. The van der Waals surface area contributed by atoms with Gasteiger partial charge in [-0.1, -0.05) is 30.3 Å². The molecule has 196 valence electrons. The smallest absolute Gasteiger partial charge is 0.339 e. The minimum atomic E-state index is -0.869. The van der Waals surface area contributed by atoms with Gasteiger partial charge >= 0.3 is 5.63 Å². The second-order valence-corrected chi connectivity index (χ2v) is 10.4. The summed E-state index contributed by atoms with van der Waals surface area (Å²) in [4.78, 5) is 38.3. The van der Waals surface area contributed by atoms with E-state index < -0.39 is 17.6 Å². The topological polar surface area (TPSA) is 107 Å². The molecule has 8 heteroatoms. The fourth-order valence-electron chi connectivity index (χ4n) is 4.51. The molecule has 2 aromatic carbocycles. The average Bonchev–Trinajstić information content (AvgIpc) is 2.83. The summed E-state index contributed by atoms with van der Waals surface area (Å²) in [5, 5.41) is 6.28. The molecule has 37 heavy (non-hydrogen) atoms. The molecule has 0 fully saturated rings. The molecule has 0 saturated carbocycles. The van der Waals surface area contributed by atoms with Crippen molar-refractivity contribution < 1.29 is 23.5 Å². The van der Waals surface area contributed by atoms with Gasteiger partial charge < -0.3 is 24.5 Å². The molecule has 1 aliphatic rings. The fraction of sp³-hybridized carbons (Fsp3) is 0.414. The number of rotatable bonds is 7. The maximum absolute atomic E-state index is 13.0. The summed E-state index contributed by atoms with van der Waals surface area (Å²) in [5.41, 5.74) is 2.32. The van der Waals surface area contributed by atoms with Crippen LogP contribution in [0.3, 0.4) is 0 Å². The highest BCUT2D eigenvalue weighted by atomic mass is 16.5. The molecule has 0 spiro atoms. The molecule has 1 aliphatic heterocycles. The van der Waals surface area contributed by atoms with Gasteiger partial charge in [-0.3, -0.25) is 9.59 Å². The van der Waals surface area contributed by atoms with Crippen LogP contribution >= 0.6 is 0 Å². The summed E-state index contributed by atoms with van der Waals surface area (Å²) < 4.78 is 17.9. The Balaban J connectivity index is 1.64. The number of benzene rings is 2. The summed E-state index contributed by atoms with van der Waals surface area (Å²) in [7, 11) is 0. The van der Waals surface area contributed by atoms with Crippen molar-refractivity contribution in [3.63, 3.8) is 0 Å². The molecule has 2 amide bonds. The first-order valence-corrected chi connectivity index (χ1v) is 12.5. The summed E-state index contributed by atoms with van der Waals surface area (Å²) in [6, 6.07) is 9.86. The van der Waals surface area contributed by atoms with Gasteiger partial charge in [0.25, 0.3) is 5.91 Å². The van der Waals surface area contributed by atoms with Crippen LogP contribution in [0.2, 0.25) is 0 Å². The molecule has 2 N–H and O–H groups in total. The molecule has 8 nitrogen and oxygen atoms in total. The van der Waals surface area contributed by atoms with Crippen molar-refractivity contribution in [1.82, 2.24) is 10.6 Å². The van der Waals surface area contributed by atoms with Crippen molar-refractivity contribution in [1.29, 1.82) is 0 Å². The van der Waals surface area contributed by atoms with Crippen molar-refractivity contribution in [2.24, 2.45) is 0 Å². The zero-order chi connectivity index (χ0) is 26.9. The molecular formula is C29H34N2O6. The lowest BCUT2D eigenvalue weighted by molar-refractivity contribution is -0.130. The van der Waals surface area contributed by atoms with E-state index in [-0.39, 0.29) is 24.2 Å². The molecule has 0 saturated heterocycles. The third kappa shape index (κ3) is 5.63. The lowest BCUT2D eigenvalue weighted by Gasteiger charge is -2.33. The predicted molar refractivity (Wildman–Crippen MR) is 141 cm³/mol. The Labute approximate surface area is 216 Å². The minimum Gasteiger partial charge on any atom is -0.487 e. The molecule has 1 aromatic heterocycles. The standard InChI is InChI=1S/C29H34N2O6/c1-16(2)30-27(33)25(19-10-8-7-9-11-19)31-23(32)15-35-22-14-21-20(12-13-29(5,6)37-21)26-24(22)17(3)18(4)28(34)36-26/h7-11,14,16,25H,12-13,15H2,1-6H3,(H,30,33)(H,31,32)/t25-/m1/s1. The number of aryl methyl sites for hydroxylation is 2. The van der Waals surface area contributed by atoms with Gasteiger partial charge in [0.2, 0.25) is 5.91 Å². The lowest BCUT2D eigenvalue weighted by atomic mass is 9.92. The number of fused-ring (bicyclic) bond motifs is 3. The number of hydrogen-bond donors (Lipinski definition) is 2. The van der Waals surface area contributed by atoms with Crippen molar-refractivity contribution >= 4 is 22.8 Å². The van der Waals surface area contributed by atoms with Gasteiger partial charge in [0.1, 0.15) is 28.7 Å². The van der Waals surface area contributed by atoms with E-state index in [1.165, 1.54) is 0 Å². The maximum atomic E-state index is 13.0. The van der Waals surface area contributed by atoms with Gasteiger partial charge in [-0.2, -0.15) is 0 Å². The van der Waals surface area contributed by atoms with Gasteiger partial charge in [-0.15, -0.1) is 0 Å². The molecule has 3 aromatic rings. The SMILES string of the molecule is Cc1c(C)c2c(OCC(=O)N[C@@H](C(=O)NC(C)C)c3ccccc3)cc3c(c2oc1=O)CCC(C)(C)O3. The first-order valence-electron chi connectivity index (χ1n) is 12.5. The van der Waals surface area contributed by atoms with E-state index in [1.807, 2.05) is 52.8 Å². The summed E-state index contributed by atoms with van der Waals surface area (Å²) in [6.45, 7) is 10.9. The second kappa shape index (κ2) is 10.3. The van der Waals surface area contributed by atoms with Crippen molar-refractivity contribution in [3.05, 3.63) is 69.1 Å². The highest BCUT2D eigenvalue weighted by Gasteiger charge is 2.31. The monoisotopic (exact) mass is 506 g/mol. The van der Waals surface area contributed by atoms with E-state index in [2.05, 4.69) is 10.6 Å².